The third-order valence-corrected chi connectivity index (χ3v) is 1.48. The highest BCUT2D eigenvalue weighted by Gasteiger charge is 2.09. The van der Waals surface area contributed by atoms with Crippen LogP contribution in [0.2, 0.25) is 0 Å². The van der Waals surface area contributed by atoms with Gasteiger partial charge < -0.3 is 0 Å². The lowest BCUT2D eigenvalue weighted by Crippen LogP contribution is -2.00. The van der Waals surface area contributed by atoms with Gasteiger partial charge >= 0.3 is 0 Å². The van der Waals surface area contributed by atoms with Crippen LogP contribution in [-0.4, -0.2) is 6.17 Å². The van der Waals surface area contributed by atoms with Crippen molar-refractivity contribution in [2.45, 2.75) is 19.5 Å². The molecule has 1 atom stereocenters. The summed E-state index contributed by atoms with van der Waals surface area (Å²) in [4.78, 5) is 0. The van der Waals surface area contributed by atoms with Gasteiger partial charge in [0.2, 0.25) is 0 Å². The molecule has 50 valence electrons. The molecule has 0 saturated heterocycles. The summed E-state index contributed by atoms with van der Waals surface area (Å²) in [6, 6.07) is 0. The zero-order valence-electron chi connectivity index (χ0n) is 5.20. The van der Waals surface area contributed by atoms with E-state index in [4.69, 9.17) is 11.6 Å². The summed E-state index contributed by atoms with van der Waals surface area (Å²) < 4.78 is 12.5. The average Bonchev–Trinajstić information content (AvgIpc) is 1.59. The molecule has 1 rings (SSSR count). The van der Waals surface area contributed by atoms with Gasteiger partial charge in [-0.1, -0.05) is 17.2 Å². The molecular formula is C7H8ClF. The quantitative estimate of drug-likeness (QED) is 0.493. The Labute approximate surface area is 59.0 Å². The molecule has 0 heterocycles. The molecule has 0 N–H and O–H groups in total. The average molecular weight is 147 g/mol. The first-order valence-electron chi connectivity index (χ1n) is 2.87. The van der Waals surface area contributed by atoms with Gasteiger partial charge in [-0.15, -0.1) is 0 Å². The minimum atomic E-state index is -0.873. The Morgan fingerprint density at radius 1 is 1.78 bits per heavy atom. The highest BCUT2D eigenvalue weighted by atomic mass is 35.5. The molecule has 1 aliphatic carbocycles. The van der Waals surface area contributed by atoms with Gasteiger partial charge in [0.05, 0.1) is 0 Å². The SMILES string of the molecule is CC1=CC(Cl)=CC(F)C1. The fourth-order valence-corrected chi connectivity index (χ4v) is 1.20. The Balaban J connectivity index is 2.74. The lowest BCUT2D eigenvalue weighted by atomic mass is 10.1. The molecule has 0 aliphatic heterocycles. The fraction of sp³-hybridized carbons (Fsp3) is 0.429. The van der Waals surface area contributed by atoms with Crippen LogP contribution in [0.25, 0.3) is 0 Å². The maximum absolute atomic E-state index is 12.5. The molecule has 0 radical (unpaired) electrons. The minimum absolute atomic E-state index is 0.496. The molecule has 0 aromatic rings. The van der Waals surface area contributed by atoms with Gasteiger partial charge in [-0.3, -0.25) is 0 Å². The molecule has 1 aliphatic rings. The maximum atomic E-state index is 12.5. The number of allylic oxidation sites excluding steroid dienone is 4. The van der Waals surface area contributed by atoms with E-state index in [1.165, 1.54) is 6.08 Å². The number of hydrogen-bond acceptors (Lipinski definition) is 0. The molecule has 0 spiro atoms. The van der Waals surface area contributed by atoms with E-state index in [1.807, 2.05) is 6.92 Å². The number of alkyl halides is 1. The van der Waals surface area contributed by atoms with Crippen LogP contribution in [0.3, 0.4) is 0 Å². The third kappa shape index (κ3) is 1.83. The number of rotatable bonds is 0. The van der Waals surface area contributed by atoms with Crippen LogP contribution in [0.4, 0.5) is 4.39 Å². The molecular weight excluding hydrogens is 139 g/mol. The summed E-state index contributed by atoms with van der Waals surface area (Å²) in [5.41, 5.74) is 1.01. The Bertz CT molecular complexity index is 170. The molecule has 0 fully saturated rings. The Morgan fingerprint density at radius 2 is 2.44 bits per heavy atom. The lowest BCUT2D eigenvalue weighted by molar-refractivity contribution is 0.394. The van der Waals surface area contributed by atoms with Gasteiger partial charge in [0, 0.05) is 11.5 Å². The van der Waals surface area contributed by atoms with E-state index in [1.54, 1.807) is 6.08 Å². The second-order valence-electron chi connectivity index (χ2n) is 2.26. The predicted octanol–water partition coefficient (Wildman–Crippen LogP) is 2.80. The van der Waals surface area contributed by atoms with E-state index >= 15 is 0 Å². The predicted molar refractivity (Wildman–Crippen MR) is 37.2 cm³/mol. The summed E-state index contributed by atoms with van der Waals surface area (Å²) in [5.74, 6) is 0. The molecule has 0 saturated carbocycles. The van der Waals surface area contributed by atoms with E-state index in [0.29, 0.717) is 11.5 Å². The standard InChI is InChI=1S/C7H8ClF/c1-5-2-6(8)4-7(9)3-5/h2,4,7H,3H2,1H3. The van der Waals surface area contributed by atoms with Crippen LogP contribution in [-0.2, 0) is 0 Å². The second-order valence-corrected chi connectivity index (χ2v) is 2.70. The topological polar surface area (TPSA) is 0 Å². The second kappa shape index (κ2) is 2.53. The van der Waals surface area contributed by atoms with Crippen molar-refractivity contribution in [2.24, 2.45) is 0 Å². The van der Waals surface area contributed by atoms with E-state index < -0.39 is 6.17 Å². The van der Waals surface area contributed by atoms with Gasteiger partial charge in [-0.05, 0) is 19.1 Å². The maximum Gasteiger partial charge on any atom is 0.124 e. The fourth-order valence-electron chi connectivity index (χ4n) is 0.882. The summed E-state index contributed by atoms with van der Waals surface area (Å²) in [6.45, 7) is 1.88. The molecule has 0 nitrogen and oxygen atoms in total. The largest absolute Gasteiger partial charge is 0.243 e. The van der Waals surface area contributed by atoms with Crippen LogP contribution >= 0.6 is 11.6 Å². The monoisotopic (exact) mass is 146 g/mol. The zero-order valence-corrected chi connectivity index (χ0v) is 5.95. The molecule has 0 bridgehead atoms. The van der Waals surface area contributed by atoms with Gasteiger partial charge in [0.1, 0.15) is 6.17 Å². The first kappa shape index (κ1) is 6.81. The Hall–Kier alpha value is -0.300. The first-order valence-corrected chi connectivity index (χ1v) is 3.25. The van der Waals surface area contributed by atoms with Crippen molar-refractivity contribution < 1.29 is 4.39 Å². The summed E-state index contributed by atoms with van der Waals surface area (Å²) in [7, 11) is 0. The van der Waals surface area contributed by atoms with Crippen molar-refractivity contribution in [3.05, 3.63) is 22.8 Å². The van der Waals surface area contributed by atoms with E-state index in [-0.39, 0.29) is 0 Å². The van der Waals surface area contributed by atoms with Crippen molar-refractivity contribution in [1.29, 1.82) is 0 Å². The molecule has 0 aromatic carbocycles. The van der Waals surface area contributed by atoms with Crippen LogP contribution < -0.4 is 0 Å². The van der Waals surface area contributed by atoms with Gasteiger partial charge in [-0.2, -0.15) is 0 Å². The number of halogens is 2. The highest BCUT2D eigenvalue weighted by molar-refractivity contribution is 6.31. The highest BCUT2D eigenvalue weighted by Crippen LogP contribution is 2.21. The van der Waals surface area contributed by atoms with E-state index in [9.17, 15) is 4.39 Å². The van der Waals surface area contributed by atoms with Gasteiger partial charge in [0.25, 0.3) is 0 Å². The van der Waals surface area contributed by atoms with Crippen LogP contribution in [0.15, 0.2) is 22.8 Å². The van der Waals surface area contributed by atoms with Crippen molar-refractivity contribution >= 4 is 11.6 Å². The molecule has 0 aromatic heterocycles. The minimum Gasteiger partial charge on any atom is -0.243 e. The molecule has 9 heavy (non-hydrogen) atoms. The van der Waals surface area contributed by atoms with E-state index in [2.05, 4.69) is 0 Å². The Morgan fingerprint density at radius 3 is 2.89 bits per heavy atom. The van der Waals surface area contributed by atoms with Crippen LogP contribution in [0.5, 0.6) is 0 Å². The van der Waals surface area contributed by atoms with Gasteiger partial charge in [-0.25, -0.2) is 4.39 Å². The van der Waals surface area contributed by atoms with Crippen molar-refractivity contribution in [3.8, 4) is 0 Å². The normalized spacial score (nSPS) is 27.2. The van der Waals surface area contributed by atoms with Crippen molar-refractivity contribution in [1.82, 2.24) is 0 Å². The van der Waals surface area contributed by atoms with Crippen molar-refractivity contribution in [3.63, 3.8) is 0 Å². The van der Waals surface area contributed by atoms with Gasteiger partial charge in [0.15, 0.2) is 0 Å². The summed E-state index contributed by atoms with van der Waals surface area (Å²) in [5, 5.41) is 0.520. The van der Waals surface area contributed by atoms with Crippen molar-refractivity contribution in [2.75, 3.05) is 0 Å². The lowest BCUT2D eigenvalue weighted by Gasteiger charge is -2.08. The molecule has 2 heteroatoms. The molecule has 1 unspecified atom stereocenters. The third-order valence-electron chi connectivity index (χ3n) is 1.24. The zero-order chi connectivity index (χ0) is 6.85. The number of hydrogen-bond donors (Lipinski definition) is 0. The van der Waals surface area contributed by atoms with Crippen LogP contribution in [0.1, 0.15) is 13.3 Å². The van der Waals surface area contributed by atoms with E-state index in [0.717, 1.165) is 5.57 Å². The van der Waals surface area contributed by atoms with Crippen LogP contribution in [0, 0.1) is 0 Å². The smallest absolute Gasteiger partial charge is 0.124 e. The first-order chi connectivity index (χ1) is 4.18. The summed E-state index contributed by atoms with van der Waals surface area (Å²) >= 11 is 5.55. The molecule has 0 amide bonds. The Kier molecular flexibility index (Phi) is 1.91. The summed E-state index contributed by atoms with van der Waals surface area (Å²) in [6.07, 6.45) is 2.84.